The van der Waals surface area contributed by atoms with Gasteiger partial charge in [-0.15, -0.1) is 0 Å². The summed E-state index contributed by atoms with van der Waals surface area (Å²) in [6, 6.07) is 12.7. The first kappa shape index (κ1) is 37.0. The van der Waals surface area contributed by atoms with Crippen LogP contribution in [-0.2, 0) is 0 Å². The SMILES string of the molecule is CC.CC.CC.CC.CCCOc1cccc(F)c1C(=O)O.COc1ccccc1-c1cc(=O)[nH]o1. The number of carbonyl (C=O) groups is 1. The van der Waals surface area contributed by atoms with Gasteiger partial charge in [0.05, 0.1) is 25.3 Å². The summed E-state index contributed by atoms with van der Waals surface area (Å²) in [6.07, 6.45) is 0.746. The molecule has 2 N–H and O–H groups in total. The first-order valence-electron chi connectivity index (χ1n) is 12.4. The molecule has 0 bridgehead atoms. The molecule has 0 radical (unpaired) electrons. The highest BCUT2D eigenvalue weighted by Gasteiger charge is 2.16. The Morgan fingerprint density at radius 1 is 0.944 bits per heavy atom. The number of aromatic carboxylic acids is 1. The monoisotopic (exact) mass is 509 g/mol. The van der Waals surface area contributed by atoms with Gasteiger partial charge in [0.2, 0.25) is 0 Å². The van der Waals surface area contributed by atoms with Gasteiger partial charge in [-0.2, -0.15) is 5.16 Å². The van der Waals surface area contributed by atoms with E-state index in [0.29, 0.717) is 18.1 Å². The fourth-order valence-corrected chi connectivity index (χ4v) is 2.31. The summed E-state index contributed by atoms with van der Waals surface area (Å²) in [6.45, 7) is 18.3. The number of hydrogen-bond donors (Lipinski definition) is 2. The number of aromatic amines is 1. The molecule has 0 unspecified atom stereocenters. The van der Waals surface area contributed by atoms with Crippen LogP contribution < -0.4 is 15.0 Å². The maximum Gasteiger partial charge on any atom is 0.342 e. The molecule has 1 heterocycles. The van der Waals surface area contributed by atoms with Gasteiger partial charge in [-0.25, -0.2) is 9.18 Å². The largest absolute Gasteiger partial charge is 0.496 e. The third-order valence-electron chi connectivity index (χ3n) is 3.55. The van der Waals surface area contributed by atoms with E-state index < -0.39 is 17.3 Å². The van der Waals surface area contributed by atoms with Crippen molar-refractivity contribution in [1.82, 2.24) is 5.16 Å². The van der Waals surface area contributed by atoms with Crippen molar-refractivity contribution in [3.63, 3.8) is 0 Å². The lowest BCUT2D eigenvalue weighted by atomic mass is 10.1. The van der Waals surface area contributed by atoms with Gasteiger partial charge in [-0.05, 0) is 30.7 Å². The molecule has 0 aliphatic heterocycles. The first-order chi connectivity index (χ1) is 17.5. The Hall–Kier alpha value is -3.55. The summed E-state index contributed by atoms with van der Waals surface area (Å²) in [5, 5.41) is 11.0. The van der Waals surface area contributed by atoms with Crippen LogP contribution in [0.15, 0.2) is 57.8 Å². The molecular formula is C28H44FNO6. The van der Waals surface area contributed by atoms with E-state index >= 15 is 0 Å². The van der Waals surface area contributed by atoms with Crippen molar-refractivity contribution in [3.05, 3.63) is 70.3 Å². The lowest BCUT2D eigenvalue weighted by Gasteiger charge is -2.07. The Morgan fingerprint density at radius 2 is 1.50 bits per heavy atom. The number of carboxylic acids is 1. The van der Waals surface area contributed by atoms with E-state index in [4.69, 9.17) is 19.1 Å². The summed E-state index contributed by atoms with van der Waals surface area (Å²) in [5.41, 5.74) is 0.0974. The van der Waals surface area contributed by atoms with Crippen molar-refractivity contribution in [2.75, 3.05) is 13.7 Å². The van der Waals surface area contributed by atoms with Crippen molar-refractivity contribution < 1.29 is 28.3 Å². The minimum atomic E-state index is -1.31. The van der Waals surface area contributed by atoms with Crippen LogP contribution >= 0.6 is 0 Å². The third kappa shape index (κ3) is 13.4. The van der Waals surface area contributed by atoms with Crippen LogP contribution in [0.1, 0.15) is 79.1 Å². The van der Waals surface area contributed by atoms with E-state index in [1.165, 1.54) is 18.2 Å². The van der Waals surface area contributed by atoms with Crippen LogP contribution in [0.3, 0.4) is 0 Å². The number of benzene rings is 2. The summed E-state index contributed by atoms with van der Waals surface area (Å²) in [5.74, 6) is -0.845. The zero-order valence-corrected chi connectivity index (χ0v) is 23.4. The molecule has 3 aromatic rings. The first-order valence-corrected chi connectivity index (χ1v) is 12.4. The number of H-pyrrole nitrogens is 1. The number of nitrogens with one attached hydrogen (secondary N) is 1. The molecule has 1 aromatic heterocycles. The predicted molar refractivity (Wildman–Crippen MR) is 146 cm³/mol. The molecule has 0 atom stereocenters. The zero-order valence-electron chi connectivity index (χ0n) is 23.4. The topological polar surface area (TPSA) is 102 Å². The summed E-state index contributed by atoms with van der Waals surface area (Å²) >= 11 is 0. The number of ether oxygens (including phenoxy) is 2. The van der Waals surface area contributed by atoms with Gasteiger partial charge in [0.25, 0.3) is 5.56 Å². The van der Waals surface area contributed by atoms with Crippen molar-refractivity contribution >= 4 is 5.97 Å². The van der Waals surface area contributed by atoms with E-state index in [1.54, 1.807) is 7.11 Å². The zero-order chi connectivity index (χ0) is 28.5. The average molecular weight is 510 g/mol. The van der Waals surface area contributed by atoms with Gasteiger partial charge < -0.3 is 19.1 Å². The summed E-state index contributed by atoms with van der Waals surface area (Å²) in [7, 11) is 1.57. The van der Waals surface area contributed by atoms with Crippen molar-refractivity contribution in [3.8, 4) is 22.8 Å². The second-order valence-corrected chi connectivity index (χ2v) is 5.54. The Morgan fingerprint density at radius 3 is 1.97 bits per heavy atom. The van der Waals surface area contributed by atoms with Gasteiger partial charge in [0.15, 0.2) is 5.76 Å². The Kier molecular flexibility index (Phi) is 25.3. The summed E-state index contributed by atoms with van der Waals surface area (Å²) < 4.78 is 28.3. The lowest BCUT2D eigenvalue weighted by molar-refractivity contribution is 0.0687. The van der Waals surface area contributed by atoms with Crippen LogP contribution in [0.2, 0.25) is 0 Å². The molecule has 7 nitrogen and oxygen atoms in total. The molecule has 36 heavy (non-hydrogen) atoms. The maximum absolute atomic E-state index is 13.1. The van der Waals surface area contributed by atoms with Crippen molar-refractivity contribution in [2.24, 2.45) is 0 Å². The molecule has 0 saturated carbocycles. The van der Waals surface area contributed by atoms with Crippen LogP contribution in [-0.4, -0.2) is 29.9 Å². The Balaban J connectivity index is -0.000000474. The standard InChI is InChI=1S/C10H11FO3.C10H9NO3.4C2H6/c1-2-6-14-8-5-3-4-7(11)9(8)10(12)13;1-13-8-5-3-2-4-7(8)9-6-10(12)11-14-9;4*1-2/h3-5H,2,6H2,1H3,(H,12,13);2-6H,1H3,(H,11,12);4*1-2H3. The van der Waals surface area contributed by atoms with Crippen molar-refractivity contribution in [2.45, 2.75) is 68.7 Å². The van der Waals surface area contributed by atoms with E-state index in [9.17, 15) is 14.0 Å². The molecule has 204 valence electrons. The van der Waals surface area contributed by atoms with Gasteiger partial charge in [0.1, 0.15) is 22.9 Å². The smallest absolute Gasteiger partial charge is 0.342 e. The number of para-hydroxylation sites is 1. The van der Waals surface area contributed by atoms with Crippen LogP contribution in [0.4, 0.5) is 4.39 Å². The van der Waals surface area contributed by atoms with E-state index in [0.717, 1.165) is 18.1 Å². The fraction of sp³-hybridized carbons (Fsp3) is 0.429. The number of hydrogen-bond acceptors (Lipinski definition) is 5. The number of aromatic nitrogens is 1. The third-order valence-corrected chi connectivity index (χ3v) is 3.55. The number of rotatable bonds is 6. The molecule has 0 saturated heterocycles. The van der Waals surface area contributed by atoms with E-state index in [1.807, 2.05) is 86.6 Å². The molecule has 0 aliphatic rings. The molecule has 2 aromatic carbocycles. The molecule has 0 spiro atoms. The molecular weight excluding hydrogens is 465 g/mol. The quantitative estimate of drug-likeness (QED) is 0.348. The van der Waals surface area contributed by atoms with Crippen molar-refractivity contribution in [1.29, 1.82) is 0 Å². The number of methoxy groups -OCH3 is 1. The predicted octanol–water partition coefficient (Wildman–Crippen LogP) is 8.06. The fourth-order valence-electron chi connectivity index (χ4n) is 2.31. The highest BCUT2D eigenvalue weighted by Crippen LogP contribution is 2.28. The van der Waals surface area contributed by atoms with Gasteiger partial charge in [-0.3, -0.25) is 4.79 Å². The second-order valence-electron chi connectivity index (χ2n) is 5.54. The molecule has 0 fully saturated rings. The highest BCUT2D eigenvalue weighted by atomic mass is 19.1. The molecule has 3 rings (SSSR count). The van der Waals surface area contributed by atoms with Crippen LogP contribution in [0, 0.1) is 5.82 Å². The second kappa shape index (κ2) is 24.6. The highest BCUT2D eigenvalue weighted by molar-refractivity contribution is 5.91. The summed E-state index contributed by atoms with van der Waals surface area (Å²) in [4.78, 5) is 21.6. The van der Waals surface area contributed by atoms with Crippen LogP contribution in [0.5, 0.6) is 11.5 Å². The number of carboxylic acid groups (broad SMARTS) is 1. The normalized spacial score (nSPS) is 8.42. The average Bonchev–Trinajstić information content (AvgIpc) is 3.38. The molecule has 0 amide bonds. The number of halogens is 1. The molecule has 0 aliphatic carbocycles. The molecule has 8 heteroatoms. The minimum Gasteiger partial charge on any atom is -0.496 e. The van der Waals surface area contributed by atoms with Gasteiger partial charge >= 0.3 is 5.97 Å². The Bertz CT molecular complexity index is 982. The maximum atomic E-state index is 13.1. The van der Waals surface area contributed by atoms with E-state index in [-0.39, 0.29) is 11.3 Å². The minimum absolute atomic E-state index is 0.0827. The van der Waals surface area contributed by atoms with Crippen LogP contribution in [0.25, 0.3) is 11.3 Å². The lowest BCUT2D eigenvalue weighted by Crippen LogP contribution is -2.06. The van der Waals surface area contributed by atoms with Gasteiger partial charge in [-0.1, -0.05) is 80.5 Å². The Labute approximate surface area is 215 Å². The van der Waals surface area contributed by atoms with E-state index in [2.05, 4.69) is 5.16 Å². The van der Waals surface area contributed by atoms with Gasteiger partial charge in [0, 0.05) is 0 Å².